The van der Waals surface area contributed by atoms with Crippen molar-refractivity contribution < 1.29 is 41.9 Å². The minimum absolute atomic E-state index is 0.348. The summed E-state index contributed by atoms with van der Waals surface area (Å²) in [5.74, 6) is -1.14. The van der Waals surface area contributed by atoms with Gasteiger partial charge in [-0.15, -0.1) is 68.4 Å². The van der Waals surface area contributed by atoms with Crippen LogP contribution in [0.3, 0.4) is 0 Å². The minimum Gasteiger partial charge on any atom is -0.486 e. The first kappa shape index (κ1) is 95.5. The summed E-state index contributed by atoms with van der Waals surface area (Å²) in [5, 5.41) is 28.4. The second-order valence-corrected chi connectivity index (χ2v) is 32.8. The van der Waals surface area contributed by atoms with Crippen LogP contribution in [0, 0.1) is 45.1 Å². The molecule has 122 heavy (non-hydrogen) atoms. The van der Waals surface area contributed by atoms with Crippen molar-refractivity contribution in [1.29, 1.82) is 0 Å². The zero-order valence-electron chi connectivity index (χ0n) is 70.0. The molecule has 0 saturated heterocycles. The number of thiazole rings is 7. The summed E-state index contributed by atoms with van der Waals surface area (Å²) in [6.07, 6.45) is 27.3. The van der Waals surface area contributed by atoms with Crippen LogP contribution in [0.15, 0.2) is 178 Å². The molecule has 14 rings (SSSR count). The fourth-order valence-electron chi connectivity index (χ4n) is 10.3. The van der Waals surface area contributed by atoms with Crippen LogP contribution in [0.1, 0.15) is 108 Å². The second kappa shape index (κ2) is 49.1. The number of ether oxygens (including phenoxy) is 2. The molecule has 14 aromatic heterocycles. The maximum Gasteiger partial charge on any atom is 0.334 e. The molecule has 4 N–H and O–H groups in total. The van der Waals surface area contributed by atoms with Gasteiger partial charge in [0.15, 0.2) is 10.1 Å². The lowest BCUT2D eigenvalue weighted by Crippen LogP contribution is -2.29. The summed E-state index contributed by atoms with van der Waals surface area (Å²) >= 11 is 12.4. The van der Waals surface area contributed by atoms with E-state index < -0.39 is 11.8 Å². The van der Waals surface area contributed by atoms with Crippen LogP contribution < -0.4 is 31.0 Å². The highest BCUT2D eigenvalue weighted by molar-refractivity contribution is 8.00. The molecule has 0 fully saturated rings. The SMILES string of the molecule is CCc1nc(-c2cccnc2)sc1OC.CCc1nc(-c2cccnc2)sc1SC.CCc1nc(-c2cncc(F)c2)sc1OC.CNC(=O)N/N=C(\C)c1sc(-c2cccnc2)nc1C.CNC(=O)N/N=C(\C)c1sc(-c2cncc(F)c2)nc1C.CO/N=C(\C)c1sc(-c2cccnc2)nc1C.CO/N=C(\C)c1sc(-c2cncc(F)c2)nc1C. The molecular weight excluding hydrogens is 1710 g/mol. The van der Waals surface area contributed by atoms with Gasteiger partial charge in [0, 0.05) is 121 Å². The molecule has 4 amide bonds. The number of nitrogens with zero attached hydrogens (tertiary/aromatic N) is 18. The molecule has 0 spiro atoms. The van der Waals surface area contributed by atoms with Crippen LogP contribution >= 0.6 is 91.1 Å². The average Bonchev–Trinajstić information content (AvgIpc) is 1.75. The van der Waals surface area contributed by atoms with Crippen molar-refractivity contribution in [1.82, 2.24) is 91.3 Å². The molecule has 0 saturated carbocycles. The molecule has 14 heterocycles. The van der Waals surface area contributed by atoms with Crippen molar-refractivity contribution >= 4 is 126 Å². The van der Waals surface area contributed by atoms with E-state index in [1.165, 1.54) is 100 Å². The molecule has 0 aromatic carbocycles. The number of hydrogen-bond donors (Lipinski definition) is 4. The number of amides is 4. The molecule has 0 radical (unpaired) electrons. The Kier molecular flexibility index (Phi) is 38.4. The number of aryl methyl sites for hydroxylation is 7. The summed E-state index contributed by atoms with van der Waals surface area (Å²) in [5.41, 5.74) is 20.4. The monoisotopic (exact) mass is 1800 g/mol. The van der Waals surface area contributed by atoms with Crippen molar-refractivity contribution in [2.75, 3.05) is 48.8 Å². The molecule has 0 aliphatic heterocycles. The Hall–Kier alpha value is -12.0. The number of methoxy groups -OCH3 is 2. The van der Waals surface area contributed by atoms with Gasteiger partial charge in [0.1, 0.15) is 66.7 Å². The first-order valence-corrected chi connectivity index (χ1v) is 44.0. The van der Waals surface area contributed by atoms with Crippen LogP contribution in [-0.4, -0.2) is 153 Å². The quantitative estimate of drug-likeness (QED) is 0.0295. The molecule has 39 heteroatoms. The third-order valence-corrected chi connectivity index (χ3v) is 25.9. The van der Waals surface area contributed by atoms with Gasteiger partial charge in [-0.05, 0) is 148 Å². The van der Waals surface area contributed by atoms with Gasteiger partial charge in [-0.3, -0.25) is 34.9 Å². The topological polar surface area (TPSA) is 349 Å². The molecule has 14 aromatic rings. The number of carbonyl (C=O) groups excluding carboxylic acids is 2. The van der Waals surface area contributed by atoms with Crippen molar-refractivity contribution in [3.05, 3.63) is 230 Å². The fraction of sp³-hybridized carbons (Fsp3) is 0.253. The Labute approximate surface area is 737 Å². The summed E-state index contributed by atoms with van der Waals surface area (Å²) in [7, 11) is 9.38. The highest BCUT2D eigenvalue weighted by Gasteiger charge is 2.20. The number of hydrogen-bond acceptors (Lipinski definition) is 32. The summed E-state index contributed by atoms with van der Waals surface area (Å²) in [6, 6.07) is 19.1. The largest absolute Gasteiger partial charge is 0.486 e. The van der Waals surface area contributed by atoms with Gasteiger partial charge in [-0.25, -0.2) is 68.5 Å². The van der Waals surface area contributed by atoms with E-state index in [4.69, 9.17) is 19.1 Å². The first-order chi connectivity index (χ1) is 58.9. The minimum atomic E-state index is -0.409. The van der Waals surface area contributed by atoms with Crippen LogP contribution in [0.4, 0.5) is 22.8 Å². The van der Waals surface area contributed by atoms with E-state index in [2.05, 4.69) is 138 Å². The van der Waals surface area contributed by atoms with Crippen LogP contribution in [-0.2, 0) is 28.9 Å². The predicted molar refractivity (Wildman–Crippen MR) is 487 cm³/mol. The number of hydrazone groups is 2. The van der Waals surface area contributed by atoms with Gasteiger partial charge in [-0.1, -0.05) is 53.8 Å². The van der Waals surface area contributed by atoms with Gasteiger partial charge in [0.25, 0.3) is 0 Å². The van der Waals surface area contributed by atoms with E-state index in [9.17, 15) is 22.8 Å². The van der Waals surface area contributed by atoms with E-state index in [1.54, 1.807) is 131 Å². The number of thioether (sulfide) groups is 1. The van der Waals surface area contributed by atoms with Crippen molar-refractivity contribution in [2.45, 2.75) is 99.6 Å². The van der Waals surface area contributed by atoms with E-state index in [1.807, 2.05) is 116 Å². The third-order valence-electron chi connectivity index (χ3n) is 16.1. The molecule has 0 atom stereocenters. The van der Waals surface area contributed by atoms with Gasteiger partial charge in [0.2, 0.25) is 0 Å². The van der Waals surface area contributed by atoms with E-state index in [0.29, 0.717) is 27.4 Å². The maximum absolute atomic E-state index is 13.2. The Morgan fingerprint density at radius 2 is 0.664 bits per heavy atom. The molecule has 0 unspecified atom stereocenters. The molecule has 0 bridgehead atoms. The smallest absolute Gasteiger partial charge is 0.334 e. The number of aromatic nitrogens is 14. The number of urea groups is 2. The number of halogens is 3. The molecule has 0 aliphatic carbocycles. The van der Waals surface area contributed by atoms with Crippen LogP contribution in [0.5, 0.6) is 10.1 Å². The lowest BCUT2D eigenvalue weighted by molar-refractivity contribution is 0.213. The van der Waals surface area contributed by atoms with Crippen LogP contribution in [0.25, 0.3) is 74.0 Å². The molecular formula is C83H89F3N22O6S8. The fourth-order valence-corrected chi connectivity index (χ4v) is 18.1. The lowest BCUT2D eigenvalue weighted by Gasteiger charge is -2.00. The number of rotatable bonds is 21. The third kappa shape index (κ3) is 28.0. The Balaban J connectivity index is 0.000000177. The number of oxime groups is 2. The number of carbonyl (C=O) groups is 2. The van der Waals surface area contributed by atoms with Gasteiger partial charge < -0.3 is 29.8 Å². The normalized spacial score (nSPS) is 11.1. The standard InChI is InChI=1S/C13H14FN5OS.C13H15N5OS.C12H12FN3OS.C12H13N3OS.C11H11FN2OS.C11H12N2OS.C11H12N2S2/c1-7-11(8(2)18-19-13(20)15-3)21-12(17-7)9-4-10(14)6-16-5-9;1-8-11(9(2)17-18-13(19)14-3)20-12(16-8)10-5-4-6-15-7-10;1-7-11(8(2)16-17-3)18-12(15-7)9-4-10(13)6-14-5-9;1-8-11(9(2)15-16-3)17-12(14-8)10-5-4-6-13-7-10;1-3-9-11(15-2)16-10(14-9)7-4-8(12)6-13-5-7;2*1-3-9-11(14-2)15-10(13-9)8-5-4-6-12-7-8/h4-6H,1-3H3,(H2,15,19,20);4-7H,1-3H3,(H2,14,18,19);4-6H,1-3H3;4-7H,1-3H3;4-6H,3H2,1-2H3;2*4-7H,3H2,1-2H3/b18-8+;17-9+;16-8+;15-9+;;;. The average molecular weight is 1800 g/mol. The highest BCUT2D eigenvalue weighted by Crippen LogP contribution is 2.38. The Morgan fingerprint density at radius 3 is 0.918 bits per heavy atom. The van der Waals surface area contributed by atoms with Crippen molar-refractivity contribution in [3.63, 3.8) is 0 Å². The summed E-state index contributed by atoms with van der Waals surface area (Å²) < 4.78 is 51.1. The van der Waals surface area contributed by atoms with E-state index >= 15 is 0 Å². The van der Waals surface area contributed by atoms with Crippen molar-refractivity contribution in [2.24, 2.45) is 20.5 Å². The van der Waals surface area contributed by atoms with E-state index in [0.717, 1.165) is 159 Å². The van der Waals surface area contributed by atoms with Crippen LogP contribution in [0.2, 0.25) is 0 Å². The van der Waals surface area contributed by atoms with Gasteiger partial charge in [0.05, 0.1) is 119 Å². The molecule has 0 aliphatic rings. The predicted octanol–water partition coefficient (Wildman–Crippen LogP) is 19.6. The number of nitrogens with one attached hydrogen (secondary N) is 4. The molecule has 636 valence electrons. The highest BCUT2D eigenvalue weighted by atomic mass is 32.2. The zero-order chi connectivity index (χ0) is 88.2. The second-order valence-electron chi connectivity index (χ2n) is 24.8. The number of pyridine rings is 7. The van der Waals surface area contributed by atoms with Gasteiger partial charge >= 0.3 is 12.1 Å². The lowest BCUT2D eigenvalue weighted by atomic mass is 10.3. The summed E-state index contributed by atoms with van der Waals surface area (Å²) in [4.78, 5) is 94.7. The maximum atomic E-state index is 13.2. The Bertz CT molecular complexity index is 5660. The first-order valence-electron chi connectivity index (χ1n) is 37.1. The molecule has 28 nitrogen and oxygen atoms in total. The van der Waals surface area contributed by atoms with E-state index in [-0.39, 0.29) is 17.7 Å². The summed E-state index contributed by atoms with van der Waals surface area (Å²) in [6.45, 7) is 21.2. The Morgan fingerprint density at radius 1 is 0.385 bits per heavy atom. The van der Waals surface area contributed by atoms with Crippen molar-refractivity contribution in [3.8, 4) is 84.1 Å². The van der Waals surface area contributed by atoms with Gasteiger partial charge in [-0.2, -0.15) is 10.2 Å². The zero-order valence-corrected chi connectivity index (χ0v) is 76.5.